The maximum Gasteiger partial charge on any atom is 0.244 e. The molecule has 0 radical (unpaired) electrons. The number of aromatic nitrogens is 2. The molecule has 0 spiro atoms. The number of hydrogen-bond donors (Lipinski definition) is 0. The van der Waals surface area contributed by atoms with Crippen LogP contribution >= 0.6 is 0 Å². The molecule has 0 amide bonds. The van der Waals surface area contributed by atoms with Crippen LogP contribution in [0.15, 0.2) is 27.3 Å². The lowest BCUT2D eigenvalue weighted by atomic mass is 10.2. The van der Waals surface area contributed by atoms with E-state index in [4.69, 9.17) is 13.7 Å². The molecule has 4 heterocycles. The molecule has 2 aliphatic heterocycles. The van der Waals surface area contributed by atoms with Crippen LogP contribution in [0.4, 0.5) is 0 Å². The standard InChI is InChI=1S/C17H24N4O3/c1-13(17-18-16(19-24-17)15-5-3-11-23-15)21-8-6-20(7-9-21)12-14-4-2-10-22-14/h3,5,11,13-14H,2,4,6-10,12H2,1H3. The molecule has 2 saturated heterocycles. The van der Waals surface area contributed by atoms with Gasteiger partial charge in [0.2, 0.25) is 11.7 Å². The van der Waals surface area contributed by atoms with Crippen molar-refractivity contribution in [2.45, 2.75) is 31.9 Å². The third kappa shape index (κ3) is 3.38. The number of hydrogen-bond acceptors (Lipinski definition) is 7. The zero-order valence-electron chi connectivity index (χ0n) is 14.1. The summed E-state index contributed by atoms with van der Waals surface area (Å²) in [6, 6.07) is 3.77. The van der Waals surface area contributed by atoms with E-state index in [0.717, 1.165) is 39.3 Å². The Labute approximate surface area is 141 Å². The highest BCUT2D eigenvalue weighted by molar-refractivity contribution is 5.44. The minimum absolute atomic E-state index is 0.117. The van der Waals surface area contributed by atoms with Crippen LogP contribution in [0.2, 0.25) is 0 Å². The quantitative estimate of drug-likeness (QED) is 0.831. The molecule has 2 aromatic heterocycles. The minimum Gasteiger partial charge on any atom is -0.461 e. The fraction of sp³-hybridized carbons (Fsp3) is 0.647. The summed E-state index contributed by atoms with van der Waals surface area (Å²) in [4.78, 5) is 9.38. The molecular formula is C17H24N4O3. The number of nitrogens with zero attached hydrogens (tertiary/aromatic N) is 4. The molecule has 7 nitrogen and oxygen atoms in total. The predicted octanol–water partition coefficient (Wildman–Crippen LogP) is 2.19. The molecule has 7 heteroatoms. The van der Waals surface area contributed by atoms with Gasteiger partial charge in [-0.3, -0.25) is 9.80 Å². The lowest BCUT2D eigenvalue weighted by molar-refractivity contribution is 0.0379. The van der Waals surface area contributed by atoms with Crippen LogP contribution in [0.25, 0.3) is 11.6 Å². The molecule has 0 N–H and O–H groups in total. The highest BCUT2D eigenvalue weighted by Gasteiger charge is 2.28. The van der Waals surface area contributed by atoms with Gasteiger partial charge in [-0.1, -0.05) is 5.16 Å². The monoisotopic (exact) mass is 332 g/mol. The first-order valence-corrected chi connectivity index (χ1v) is 8.75. The second kappa shape index (κ2) is 7.04. The van der Waals surface area contributed by atoms with Crippen molar-refractivity contribution in [1.29, 1.82) is 0 Å². The van der Waals surface area contributed by atoms with E-state index in [1.165, 1.54) is 12.8 Å². The van der Waals surface area contributed by atoms with Gasteiger partial charge in [0.05, 0.1) is 18.4 Å². The predicted molar refractivity (Wildman–Crippen MR) is 87.4 cm³/mol. The summed E-state index contributed by atoms with van der Waals surface area (Å²) in [6.45, 7) is 8.24. The second-order valence-electron chi connectivity index (χ2n) is 6.58. The average molecular weight is 332 g/mol. The summed E-state index contributed by atoms with van der Waals surface area (Å²) >= 11 is 0. The number of piperazine rings is 1. The van der Waals surface area contributed by atoms with Gasteiger partial charge in [0.1, 0.15) is 0 Å². The molecule has 0 bridgehead atoms. The molecule has 2 fully saturated rings. The Hall–Kier alpha value is -1.70. The van der Waals surface area contributed by atoms with Crippen molar-refractivity contribution in [3.05, 3.63) is 24.3 Å². The molecule has 2 aromatic rings. The van der Waals surface area contributed by atoms with E-state index in [2.05, 4.69) is 26.9 Å². The molecule has 130 valence electrons. The van der Waals surface area contributed by atoms with E-state index in [-0.39, 0.29) is 6.04 Å². The summed E-state index contributed by atoms with van der Waals surface area (Å²) in [6.07, 6.45) is 4.45. The van der Waals surface area contributed by atoms with E-state index in [1.54, 1.807) is 6.26 Å². The third-order valence-corrected chi connectivity index (χ3v) is 4.98. The van der Waals surface area contributed by atoms with Crippen molar-refractivity contribution in [2.75, 3.05) is 39.3 Å². The van der Waals surface area contributed by atoms with Gasteiger partial charge in [-0.05, 0) is 31.9 Å². The highest BCUT2D eigenvalue weighted by atomic mass is 16.5. The molecule has 0 aliphatic carbocycles. The van der Waals surface area contributed by atoms with Gasteiger partial charge in [0.25, 0.3) is 0 Å². The van der Waals surface area contributed by atoms with E-state index < -0.39 is 0 Å². The number of furan rings is 1. The maximum absolute atomic E-state index is 5.74. The molecule has 24 heavy (non-hydrogen) atoms. The molecule has 2 atom stereocenters. The van der Waals surface area contributed by atoms with Crippen molar-refractivity contribution in [2.24, 2.45) is 0 Å². The van der Waals surface area contributed by atoms with Crippen molar-refractivity contribution in [3.8, 4) is 11.6 Å². The topological polar surface area (TPSA) is 67.8 Å². The van der Waals surface area contributed by atoms with Crippen molar-refractivity contribution >= 4 is 0 Å². The Morgan fingerprint density at radius 1 is 1.29 bits per heavy atom. The van der Waals surface area contributed by atoms with E-state index in [1.807, 2.05) is 12.1 Å². The smallest absolute Gasteiger partial charge is 0.244 e. The van der Waals surface area contributed by atoms with Crippen LogP contribution in [0.3, 0.4) is 0 Å². The normalized spacial score (nSPS) is 24.5. The molecule has 4 rings (SSSR count). The van der Waals surface area contributed by atoms with Gasteiger partial charge in [-0.2, -0.15) is 4.98 Å². The molecular weight excluding hydrogens is 308 g/mol. The Morgan fingerprint density at radius 2 is 2.17 bits per heavy atom. The summed E-state index contributed by atoms with van der Waals surface area (Å²) in [7, 11) is 0. The van der Waals surface area contributed by atoms with Crippen LogP contribution in [0.1, 0.15) is 31.7 Å². The summed E-state index contributed by atoms with van der Waals surface area (Å²) < 4.78 is 16.5. The minimum atomic E-state index is 0.117. The van der Waals surface area contributed by atoms with Gasteiger partial charge < -0.3 is 13.7 Å². The average Bonchev–Trinajstić information content (AvgIpc) is 3.36. The molecule has 0 aromatic carbocycles. The van der Waals surface area contributed by atoms with Gasteiger partial charge in [-0.25, -0.2) is 0 Å². The van der Waals surface area contributed by atoms with Crippen LogP contribution in [0.5, 0.6) is 0 Å². The van der Waals surface area contributed by atoms with Crippen molar-refractivity contribution in [3.63, 3.8) is 0 Å². The van der Waals surface area contributed by atoms with Gasteiger partial charge in [0, 0.05) is 39.3 Å². The molecule has 0 saturated carbocycles. The summed E-state index contributed by atoms with van der Waals surface area (Å²) in [5.74, 6) is 1.80. The number of rotatable bonds is 5. The van der Waals surface area contributed by atoms with E-state index in [0.29, 0.717) is 23.6 Å². The van der Waals surface area contributed by atoms with Crippen LogP contribution in [-0.4, -0.2) is 65.4 Å². The summed E-state index contributed by atoms with van der Waals surface area (Å²) in [5, 5.41) is 4.02. The highest BCUT2D eigenvalue weighted by Crippen LogP contribution is 2.24. The zero-order chi connectivity index (χ0) is 16.4. The summed E-state index contributed by atoms with van der Waals surface area (Å²) in [5.41, 5.74) is 0. The van der Waals surface area contributed by atoms with Crippen LogP contribution in [0, 0.1) is 0 Å². The lowest BCUT2D eigenvalue weighted by Crippen LogP contribution is -2.49. The van der Waals surface area contributed by atoms with Crippen molar-refractivity contribution in [1.82, 2.24) is 19.9 Å². The molecule has 2 unspecified atom stereocenters. The fourth-order valence-corrected chi connectivity index (χ4v) is 3.48. The largest absolute Gasteiger partial charge is 0.461 e. The Kier molecular flexibility index (Phi) is 4.64. The Morgan fingerprint density at radius 3 is 2.88 bits per heavy atom. The van der Waals surface area contributed by atoms with Crippen molar-refractivity contribution < 1.29 is 13.7 Å². The van der Waals surface area contributed by atoms with Crippen LogP contribution in [-0.2, 0) is 4.74 Å². The second-order valence-corrected chi connectivity index (χ2v) is 6.58. The zero-order valence-corrected chi connectivity index (χ0v) is 14.1. The lowest BCUT2D eigenvalue weighted by Gasteiger charge is -2.37. The van der Waals surface area contributed by atoms with E-state index >= 15 is 0 Å². The SMILES string of the molecule is CC(c1nc(-c2ccco2)no1)N1CCN(CC2CCCO2)CC1. The van der Waals surface area contributed by atoms with Gasteiger partial charge >= 0.3 is 0 Å². The maximum atomic E-state index is 5.74. The van der Waals surface area contributed by atoms with E-state index in [9.17, 15) is 0 Å². The first-order chi connectivity index (χ1) is 11.8. The Balaban J connectivity index is 1.32. The van der Waals surface area contributed by atoms with Gasteiger partial charge in [0.15, 0.2) is 5.76 Å². The Bertz CT molecular complexity index is 628. The molecule has 2 aliphatic rings. The third-order valence-electron chi connectivity index (χ3n) is 4.98. The first-order valence-electron chi connectivity index (χ1n) is 8.75. The first kappa shape index (κ1) is 15.8. The fourth-order valence-electron chi connectivity index (χ4n) is 3.48. The number of ether oxygens (including phenoxy) is 1. The van der Waals surface area contributed by atoms with Gasteiger partial charge in [-0.15, -0.1) is 0 Å². The van der Waals surface area contributed by atoms with Crippen LogP contribution < -0.4 is 0 Å².